The third kappa shape index (κ3) is 5.28. The maximum atomic E-state index is 13.2. The van der Waals surface area contributed by atoms with Crippen molar-refractivity contribution in [1.29, 1.82) is 5.26 Å². The number of aryl methyl sites for hydroxylation is 1. The van der Waals surface area contributed by atoms with Crippen LogP contribution in [0.4, 0.5) is 5.69 Å². The molecule has 2 aliphatic rings. The van der Waals surface area contributed by atoms with Gasteiger partial charge in [0, 0.05) is 30.2 Å². The standard InChI is InChI=1S/C24H30N6O3/c1-16-6-5-11-30(16)22(31)14-29-10-4-3-7-20(23(29)32)28-24(26-15-25)27-19-8-9-21-18(13-19)12-17(2)33-21/h8-9,12-13,16,20H,3-7,10-11,14H2,1-2H3,(H2,26,27,28). The number of nitriles is 1. The van der Waals surface area contributed by atoms with Gasteiger partial charge in [0.15, 0.2) is 6.19 Å². The van der Waals surface area contributed by atoms with Crippen LogP contribution >= 0.6 is 0 Å². The Morgan fingerprint density at radius 2 is 2.09 bits per heavy atom. The highest BCUT2D eigenvalue weighted by Crippen LogP contribution is 2.23. The van der Waals surface area contributed by atoms with Gasteiger partial charge in [-0.1, -0.05) is 0 Å². The normalized spacial score (nSPS) is 21.7. The quantitative estimate of drug-likeness (QED) is 0.320. The van der Waals surface area contributed by atoms with E-state index in [1.54, 1.807) is 4.90 Å². The number of hydrogen-bond acceptors (Lipinski definition) is 5. The fraction of sp³-hybridized carbons (Fsp3) is 0.500. The molecule has 33 heavy (non-hydrogen) atoms. The lowest BCUT2D eigenvalue weighted by Crippen LogP contribution is -2.46. The first-order valence-electron chi connectivity index (χ1n) is 11.5. The maximum Gasteiger partial charge on any atom is 0.247 e. The van der Waals surface area contributed by atoms with Crippen LogP contribution in [0.1, 0.15) is 44.8 Å². The Balaban J connectivity index is 1.49. The Kier molecular flexibility index (Phi) is 6.82. The van der Waals surface area contributed by atoms with Gasteiger partial charge in [-0.2, -0.15) is 5.26 Å². The van der Waals surface area contributed by atoms with Crippen molar-refractivity contribution < 1.29 is 14.0 Å². The van der Waals surface area contributed by atoms with Gasteiger partial charge >= 0.3 is 0 Å². The number of carbonyl (C=O) groups excluding carboxylic acids is 2. The zero-order chi connectivity index (χ0) is 23.4. The van der Waals surface area contributed by atoms with E-state index in [1.807, 2.05) is 42.3 Å². The summed E-state index contributed by atoms with van der Waals surface area (Å²) in [6, 6.07) is 7.08. The second-order valence-electron chi connectivity index (χ2n) is 8.80. The van der Waals surface area contributed by atoms with E-state index in [1.165, 1.54) is 0 Å². The molecule has 9 heteroatoms. The Labute approximate surface area is 193 Å². The van der Waals surface area contributed by atoms with Crippen LogP contribution in [-0.4, -0.2) is 59.3 Å². The summed E-state index contributed by atoms with van der Waals surface area (Å²) < 4.78 is 5.60. The van der Waals surface area contributed by atoms with E-state index in [2.05, 4.69) is 22.5 Å². The van der Waals surface area contributed by atoms with E-state index in [0.29, 0.717) is 13.0 Å². The number of carbonyl (C=O) groups is 2. The summed E-state index contributed by atoms with van der Waals surface area (Å²) in [5.41, 5.74) is 1.50. The number of amides is 2. The fourth-order valence-electron chi connectivity index (χ4n) is 4.61. The molecular formula is C24H30N6O3. The highest BCUT2D eigenvalue weighted by Gasteiger charge is 2.32. The van der Waals surface area contributed by atoms with Crippen molar-refractivity contribution in [3.63, 3.8) is 0 Å². The number of hydrogen-bond donors (Lipinski definition) is 2. The average Bonchev–Trinajstić information content (AvgIpc) is 3.33. The van der Waals surface area contributed by atoms with Crippen molar-refractivity contribution in [2.75, 3.05) is 25.0 Å². The summed E-state index contributed by atoms with van der Waals surface area (Å²) in [4.78, 5) is 34.1. The average molecular weight is 451 g/mol. The lowest BCUT2D eigenvalue weighted by molar-refractivity contribution is -0.141. The molecular weight excluding hydrogens is 420 g/mol. The van der Waals surface area contributed by atoms with Crippen LogP contribution in [0.2, 0.25) is 0 Å². The molecule has 0 radical (unpaired) electrons. The molecule has 2 atom stereocenters. The van der Waals surface area contributed by atoms with Crippen LogP contribution in [-0.2, 0) is 9.59 Å². The van der Waals surface area contributed by atoms with E-state index in [-0.39, 0.29) is 30.4 Å². The van der Waals surface area contributed by atoms with Gasteiger partial charge in [-0.15, -0.1) is 0 Å². The first-order chi connectivity index (χ1) is 15.9. The van der Waals surface area contributed by atoms with Crippen LogP contribution in [0.15, 0.2) is 33.7 Å². The van der Waals surface area contributed by atoms with Crippen molar-refractivity contribution in [2.45, 2.75) is 58.0 Å². The number of rotatable bonds is 4. The summed E-state index contributed by atoms with van der Waals surface area (Å²) >= 11 is 0. The molecule has 1 aromatic heterocycles. The summed E-state index contributed by atoms with van der Waals surface area (Å²) in [6.07, 6.45) is 6.12. The molecule has 174 valence electrons. The third-order valence-electron chi connectivity index (χ3n) is 6.31. The van der Waals surface area contributed by atoms with Crippen molar-refractivity contribution >= 4 is 34.4 Å². The Morgan fingerprint density at radius 1 is 1.24 bits per heavy atom. The number of nitrogens with zero attached hydrogens (tertiary/aromatic N) is 4. The summed E-state index contributed by atoms with van der Waals surface area (Å²) in [5, 5.41) is 15.8. The van der Waals surface area contributed by atoms with Crippen molar-refractivity contribution in [2.24, 2.45) is 4.99 Å². The third-order valence-corrected chi connectivity index (χ3v) is 6.31. The van der Waals surface area contributed by atoms with Gasteiger partial charge in [0.1, 0.15) is 17.4 Å². The van der Waals surface area contributed by atoms with Gasteiger partial charge < -0.3 is 19.5 Å². The number of likely N-dealkylation sites (tertiary alicyclic amines) is 2. The largest absolute Gasteiger partial charge is 0.461 e. The van der Waals surface area contributed by atoms with Crippen LogP contribution in [0.3, 0.4) is 0 Å². The Hall–Kier alpha value is -3.54. The zero-order valence-corrected chi connectivity index (χ0v) is 19.1. The lowest BCUT2D eigenvalue weighted by Gasteiger charge is -2.27. The van der Waals surface area contributed by atoms with Crippen molar-refractivity contribution in [3.05, 3.63) is 30.0 Å². The number of aliphatic imine (C=N–C) groups is 1. The predicted molar refractivity (Wildman–Crippen MR) is 125 cm³/mol. The molecule has 0 bridgehead atoms. The topological polar surface area (TPSA) is 114 Å². The van der Waals surface area contributed by atoms with E-state index in [0.717, 1.165) is 54.6 Å². The van der Waals surface area contributed by atoms with E-state index in [9.17, 15) is 14.9 Å². The summed E-state index contributed by atoms with van der Waals surface area (Å²) in [7, 11) is 0. The summed E-state index contributed by atoms with van der Waals surface area (Å²) in [6.45, 7) is 5.32. The number of fused-ring (bicyclic) bond motifs is 1. The first kappa shape index (κ1) is 22.6. The Morgan fingerprint density at radius 3 is 2.85 bits per heavy atom. The minimum absolute atomic E-state index is 0.00446. The van der Waals surface area contributed by atoms with E-state index < -0.39 is 6.04 Å². The molecule has 4 rings (SSSR count). The van der Waals surface area contributed by atoms with Gasteiger partial charge in [0.2, 0.25) is 17.8 Å². The minimum Gasteiger partial charge on any atom is -0.461 e. The number of benzene rings is 1. The van der Waals surface area contributed by atoms with Gasteiger partial charge in [-0.3, -0.25) is 14.9 Å². The molecule has 2 aliphatic heterocycles. The van der Waals surface area contributed by atoms with Crippen LogP contribution in [0.25, 0.3) is 11.0 Å². The second-order valence-corrected chi connectivity index (χ2v) is 8.80. The molecule has 3 heterocycles. The van der Waals surface area contributed by atoms with E-state index in [4.69, 9.17) is 4.42 Å². The molecule has 2 amide bonds. The van der Waals surface area contributed by atoms with Crippen molar-refractivity contribution in [3.8, 4) is 6.19 Å². The predicted octanol–water partition coefficient (Wildman–Crippen LogP) is 2.97. The van der Waals surface area contributed by atoms with Crippen LogP contribution < -0.4 is 10.6 Å². The number of furan rings is 1. The van der Waals surface area contributed by atoms with Crippen LogP contribution in [0.5, 0.6) is 0 Å². The molecule has 9 nitrogen and oxygen atoms in total. The van der Waals surface area contributed by atoms with Crippen LogP contribution in [0, 0.1) is 18.4 Å². The molecule has 0 aliphatic carbocycles. The molecule has 2 aromatic rings. The number of nitrogens with one attached hydrogen (secondary N) is 2. The molecule has 2 unspecified atom stereocenters. The molecule has 0 saturated carbocycles. The second kappa shape index (κ2) is 9.94. The van der Waals surface area contributed by atoms with Gasteiger partial charge in [-0.25, -0.2) is 4.99 Å². The molecule has 2 N–H and O–H groups in total. The zero-order valence-electron chi connectivity index (χ0n) is 19.1. The van der Waals surface area contributed by atoms with Gasteiger partial charge in [0.05, 0.1) is 6.54 Å². The highest BCUT2D eigenvalue weighted by molar-refractivity contribution is 5.98. The minimum atomic E-state index is -0.653. The molecule has 2 saturated heterocycles. The lowest BCUT2D eigenvalue weighted by atomic mass is 10.1. The van der Waals surface area contributed by atoms with E-state index >= 15 is 0 Å². The number of guanidine groups is 1. The molecule has 0 spiro atoms. The van der Waals surface area contributed by atoms with Gasteiger partial charge in [0.25, 0.3) is 0 Å². The smallest absolute Gasteiger partial charge is 0.247 e. The molecule has 2 fully saturated rings. The fourth-order valence-corrected chi connectivity index (χ4v) is 4.61. The molecule has 1 aromatic carbocycles. The monoisotopic (exact) mass is 450 g/mol. The maximum absolute atomic E-state index is 13.2. The van der Waals surface area contributed by atoms with Gasteiger partial charge in [-0.05, 0) is 70.2 Å². The number of anilines is 1. The first-order valence-corrected chi connectivity index (χ1v) is 11.5. The summed E-state index contributed by atoms with van der Waals surface area (Å²) in [5.74, 6) is 0.841. The SMILES string of the molecule is Cc1cc2cc(NC(=NC3CCCCN(CC(=O)N4CCCC4C)C3=O)NC#N)ccc2o1. The highest BCUT2D eigenvalue weighted by atomic mass is 16.3. The van der Waals surface area contributed by atoms with Crippen molar-refractivity contribution in [1.82, 2.24) is 15.1 Å². The Bertz CT molecular complexity index is 1100.